The lowest BCUT2D eigenvalue weighted by molar-refractivity contribution is 0.0451. The molecule has 2 aliphatic rings. The summed E-state index contributed by atoms with van der Waals surface area (Å²) in [7, 11) is 0. The number of piperazine rings is 1. The summed E-state index contributed by atoms with van der Waals surface area (Å²) in [4.78, 5) is 5.36. The molecule has 2 fully saturated rings. The Hall–Kier alpha value is -0.0800. The van der Waals surface area contributed by atoms with Crippen LogP contribution in [0.3, 0.4) is 0 Å². The molecule has 2 saturated heterocycles. The molecule has 0 aromatic carbocycles. The van der Waals surface area contributed by atoms with Gasteiger partial charge in [-0.15, -0.1) is 0 Å². The number of likely N-dealkylation sites (tertiary alicyclic amines) is 2. The van der Waals surface area contributed by atoms with E-state index in [-0.39, 0.29) is 0 Å². The second kappa shape index (κ2) is 3.21. The molecular weight excluding hydrogens is 172 g/mol. The predicted octanol–water partition coefficient (Wildman–Crippen LogP) is 1.95. The summed E-state index contributed by atoms with van der Waals surface area (Å²) < 4.78 is 0. The molecule has 0 unspecified atom stereocenters. The Kier molecular flexibility index (Phi) is 2.39. The van der Waals surface area contributed by atoms with Crippen molar-refractivity contribution >= 4 is 0 Å². The van der Waals surface area contributed by atoms with Crippen molar-refractivity contribution in [1.29, 1.82) is 0 Å². The first-order chi connectivity index (χ1) is 6.39. The van der Waals surface area contributed by atoms with Crippen LogP contribution >= 0.6 is 0 Å². The van der Waals surface area contributed by atoms with Crippen LogP contribution in [0, 0.1) is 0 Å². The van der Waals surface area contributed by atoms with Crippen molar-refractivity contribution in [3.8, 4) is 0 Å². The van der Waals surface area contributed by atoms with Gasteiger partial charge < -0.3 is 0 Å². The minimum absolute atomic E-state index is 0.364. The number of fused-ring (bicyclic) bond motifs is 2. The second-order valence-corrected chi connectivity index (χ2v) is 6.16. The molecule has 2 atom stereocenters. The Morgan fingerprint density at radius 3 is 2.07 bits per heavy atom. The smallest absolute Gasteiger partial charge is 0.0244 e. The minimum atomic E-state index is 0.364. The van der Waals surface area contributed by atoms with E-state index in [1.165, 1.54) is 19.5 Å². The lowest BCUT2D eigenvalue weighted by atomic mass is 10.0. The van der Waals surface area contributed by atoms with Crippen LogP contribution in [0.25, 0.3) is 0 Å². The van der Waals surface area contributed by atoms with E-state index in [1.807, 2.05) is 0 Å². The molecule has 0 spiro atoms. The van der Waals surface area contributed by atoms with Crippen molar-refractivity contribution in [2.45, 2.75) is 64.7 Å². The normalized spacial score (nSPS) is 34.7. The Balaban J connectivity index is 2.03. The molecule has 0 aromatic heterocycles. The second-order valence-electron chi connectivity index (χ2n) is 6.16. The third-order valence-corrected chi connectivity index (χ3v) is 3.81. The standard InChI is InChI=1S/C12H24N2/c1-9(2)13-7-11-6-10(13)8-14(11)12(3,4)5/h9-11H,6-8H2,1-5H3/t10-,11-/m0/s1. The van der Waals surface area contributed by atoms with Crippen molar-refractivity contribution in [1.82, 2.24) is 9.80 Å². The van der Waals surface area contributed by atoms with Crippen LogP contribution in [0.2, 0.25) is 0 Å². The molecule has 82 valence electrons. The molecule has 2 nitrogen and oxygen atoms in total. The van der Waals surface area contributed by atoms with Crippen LogP contribution in [0.1, 0.15) is 41.0 Å². The molecule has 0 aliphatic carbocycles. The van der Waals surface area contributed by atoms with E-state index in [1.54, 1.807) is 0 Å². The van der Waals surface area contributed by atoms with Crippen LogP contribution in [-0.4, -0.2) is 46.6 Å². The molecule has 0 saturated carbocycles. The van der Waals surface area contributed by atoms with Crippen LogP contribution in [0.5, 0.6) is 0 Å². The van der Waals surface area contributed by atoms with E-state index < -0.39 is 0 Å². The first-order valence-corrected chi connectivity index (χ1v) is 5.92. The largest absolute Gasteiger partial charge is 0.295 e. The highest BCUT2D eigenvalue weighted by molar-refractivity contribution is 5.03. The van der Waals surface area contributed by atoms with E-state index in [2.05, 4.69) is 44.4 Å². The van der Waals surface area contributed by atoms with Crippen LogP contribution in [0.15, 0.2) is 0 Å². The highest BCUT2D eigenvalue weighted by atomic mass is 15.4. The first kappa shape index (κ1) is 10.4. The van der Waals surface area contributed by atoms with Gasteiger partial charge in [-0.1, -0.05) is 0 Å². The van der Waals surface area contributed by atoms with Gasteiger partial charge in [0.2, 0.25) is 0 Å². The van der Waals surface area contributed by atoms with Crippen molar-refractivity contribution in [2.24, 2.45) is 0 Å². The Labute approximate surface area is 88.3 Å². The molecule has 2 aliphatic heterocycles. The van der Waals surface area contributed by atoms with Gasteiger partial charge in [0.25, 0.3) is 0 Å². The molecule has 0 amide bonds. The summed E-state index contributed by atoms with van der Waals surface area (Å²) >= 11 is 0. The summed E-state index contributed by atoms with van der Waals surface area (Å²) in [5, 5.41) is 0. The van der Waals surface area contributed by atoms with Gasteiger partial charge in [-0.05, 0) is 41.0 Å². The van der Waals surface area contributed by atoms with Crippen LogP contribution in [0.4, 0.5) is 0 Å². The molecule has 2 heteroatoms. The maximum absolute atomic E-state index is 2.69. The van der Waals surface area contributed by atoms with Crippen LogP contribution in [-0.2, 0) is 0 Å². The molecule has 2 heterocycles. The Morgan fingerprint density at radius 2 is 1.71 bits per heavy atom. The Morgan fingerprint density at radius 1 is 1.07 bits per heavy atom. The van der Waals surface area contributed by atoms with Crippen molar-refractivity contribution < 1.29 is 0 Å². The zero-order valence-corrected chi connectivity index (χ0v) is 10.2. The van der Waals surface area contributed by atoms with Gasteiger partial charge in [0.15, 0.2) is 0 Å². The first-order valence-electron chi connectivity index (χ1n) is 5.92. The van der Waals surface area contributed by atoms with Crippen molar-refractivity contribution in [3.05, 3.63) is 0 Å². The lowest BCUT2D eigenvalue weighted by Gasteiger charge is -2.43. The van der Waals surface area contributed by atoms with Crippen molar-refractivity contribution in [2.75, 3.05) is 13.1 Å². The predicted molar refractivity (Wildman–Crippen MR) is 60.5 cm³/mol. The summed E-state index contributed by atoms with van der Waals surface area (Å²) in [6.07, 6.45) is 1.40. The van der Waals surface area contributed by atoms with Gasteiger partial charge in [0.05, 0.1) is 0 Å². The van der Waals surface area contributed by atoms with E-state index >= 15 is 0 Å². The highest BCUT2D eigenvalue weighted by Gasteiger charge is 2.47. The van der Waals surface area contributed by atoms with E-state index in [4.69, 9.17) is 0 Å². The zero-order valence-electron chi connectivity index (χ0n) is 10.2. The monoisotopic (exact) mass is 196 g/mol. The summed E-state index contributed by atoms with van der Waals surface area (Å²) in [5.74, 6) is 0. The highest BCUT2D eigenvalue weighted by Crippen LogP contribution is 2.36. The van der Waals surface area contributed by atoms with E-state index in [0.717, 1.165) is 18.1 Å². The van der Waals surface area contributed by atoms with Gasteiger partial charge in [-0.25, -0.2) is 0 Å². The minimum Gasteiger partial charge on any atom is -0.295 e. The summed E-state index contributed by atoms with van der Waals surface area (Å²) in [6.45, 7) is 14.2. The lowest BCUT2D eigenvalue weighted by Crippen LogP contribution is -2.54. The Bertz CT molecular complexity index is 217. The fourth-order valence-electron chi connectivity index (χ4n) is 3.15. The quantitative estimate of drug-likeness (QED) is 0.632. The SMILES string of the molecule is CC(C)N1C[C@@H]2C[C@H]1CN2C(C)(C)C. The van der Waals surface area contributed by atoms with Crippen molar-refractivity contribution in [3.63, 3.8) is 0 Å². The van der Waals surface area contributed by atoms with E-state index in [9.17, 15) is 0 Å². The molecule has 0 aromatic rings. The van der Waals surface area contributed by atoms with Gasteiger partial charge in [-0.2, -0.15) is 0 Å². The third kappa shape index (κ3) is 1.59. The zero-order chi connectivity index (χ0) is 10.5. The molecule has 2 bridgehead atoms. The molecule has 0 radical (unpaired) electrons. The molecular formula is C12H24N2. The van der Waals surface area contributed by atoms with Gasteiger partial charge in [0, 0.05) is 36.8 Å². The van der Waals surface area contributed by atoms with Crippen LogP contribution < -0.4 is 0 Å². The van der Waals surface area contributed by atoms with E-state index in [0.29, 0.717) is 5.54 Å². The third-order valence-electron chi connectivity index (χ3n) is 3.81. The molecule has 0 N–H and O–H groups in total. The number of nitrogens with zero attached hydrogens (tertiary/aromatic N) is 2. The number of hydrogen-bond donors (Lipinski definition) is 0. The maximum atomic E-state index is 2.69. The topological polar surface area (TPSA) is 6.48 Å². The number of hydrogen-bond acceptors (Lipinski definition) is 2. The van der Waals surface area contributed by atoms with Gasteiger partial charge in [-0.3, -0.25) is 9.80 Å². The fourth-order valence-corrected chi connectivity index (χ4v) is 3.15. The molecule has 14 heavy (non-hydrogen) atoms. The summed E-state index contributed by atoms with van der Waals surface area (Å²) in [5.41, 5.74) is 0.364. The van der Waals surface area contributed by atoms with Gasteiger partial charge in [0.1, 0.15) is 0 Å². The molecule has 2 rings (SSSR count). The summed E-state index contributed by atoms with van der Waals surface area (Å²) in [6, 6.07) is 2.38. The maximum Gasteiger partial charge on any atom is 0.0244 e. The number of rotatable bonds is 1. The average molecular weight is 196 g/mol. The average Bonchev–Trinajstić information content (AvgIpc) is 2.58. The fraction of sp³-hybridized carbons (Fsp3) is 1.00. The van der Waals surface area contributed by atoms with Gasteiger partial charge >= 0.3 is 0 Å².